The number of hydrogen-bond acceptors (Lipinski definition) is 5. The minimum absolute atomic E-state index is 0.293. The monoisotopic (exact) mass is 475 g/mol. The molecule has 2 rings (SSSR count). The van der Waals surface area contributed by atoms with Gasteiger partial charge in [-0.15, -0.1) is 0 Å². The molecule has 0 aromatic carbocycles. The van der Waals surface area contributed by atoms with Crippen molar-refractivity contribution in [2.45, 2.75) is 30.9 Å². The SMILES string of the molecule is O=C(Cn1cc(C(F)(F)F)cc(Cl)c1=O)NNC(=O)C[C@](O)(c1ccco1)C(F)(F)F. The van der Waals surface area contributed by atoms with Gasteiger partial charge in [-0.2, -0.15) is 26.3 Å². The van der Waals surface area contributed by atoms with Gasteiger partial charge in [0.1, 0.15) is 17.3 Å². The van der Waals surface area contributed by atoms with E-state index >= 15 is 0 Å². The first kappa shape index (κ1) is 24.3. The molecule has 31 heavy (non-hydrogen) atoms. The van der Waals surface area contributed by atoms with Crippen molar-refractivity contribution in [1.29, 1.82) is 0 Å². The van der Waals surface area contributed by atoms with E-state index in [4.69, 9.17) is 11.6 Å². The van der Waals surface area contributed by atoms with Gasteiger partial charge in [0.2, 0.25) is 11.5 Å². The summed E-state index contributed by atoms with van der Waals surface area (Å²) < 4.78 is 82.8. The summed E-state index contributed by atoms with van der Waals surface area (Å²) in [7, 11) is 0. The first-order valence-corrected chi connectivity index (χ1v) is 8.41. The van der Waals surface area contributed by atoms with Crippen molar-refractivity contribution in [2.75, 3.05) is 0 Å². The highest BCUT2D eigenvalue weighted by molar-refractivity contribution is 6.30. The Morgan fingerprint density at radius 2 is 1.74 bits per heavy atom. The number of carbonyl (C=O) groups is 2. The van der Waals surface area contributed by atoms with E-state index in [1.165, 1.54) is 0 Å². The van der Waals surface area contributed by atoms with E-state index in [9.17, 15) is 45.8 Å². The Hall–Kier alpha value is -3.00. The van der Waals surface area contributed by atoms with Gasteiger partial charge in [0, 0.05) is 6.20 Å². The molecule has 0 aliphatic carbocycles. The molecule has 0 aliphatic rings. The molecule has 2 heterocycles. The Bertz CT molecular complexity index is 1020. The average molecular weight is 476 g/mol. The fraction of sp³-hybridized carbons (Fsp3) is 0.312. The van der Waals surface area contributed by atoms with Crippen molar-refractivity contribution in [1.82, 2.24) is 15.4 Å². The normalized spacial score (nSPS) is 14.1. The minimum atomic E-state index is -5.33. The van der Waals surface area contributed by atoms with Crippen LogP contribution in [0, 0.1) is 0 Å². The Morgan fingerprint density at radius 3 is 2.26 bits per heavy atom. The second-order valence-electron chi connectivity index (χ2n) is 6.12. The third-order valence-electron chi connectivity index (χ3n) is 3.84. The van der Waals surface area contributed by atoms with Crippen molar-refractivity contribution in [3.63, 3.8) is 0 Å². The Balaban J connectivity index is 2.07. The summed E-state index contributed by atoms with van der Waals surface area (Å²) in [6.45, 7) is -1.05. The van der Waals surface area contributed by atoms with Gasteiger partial charge in [0.05, 0.1) is 18.2 Å². The molecule has 0 spiro atoms. The largest absolute Gasteiger partial charge is 0.466 e. The van der Waals surface area contributed by atoms with Crippen LogP contribution in [0.1, 0.15) is 17.7 Å². The van der Waals surface area contributed by atoms with Gasteiger partial charge in [-0.3, -0.25) is 25.2 Å². The standard InChI is InChI=1S/C16H12ClF6N3O5/c17-9-4-8(15(18,19)20)6-26(13(9)29)7-12(28)25-24-11(27)5-14(30,16(21,22)23)10-2-1-3-31-10/h1-4,6,30H,5,7H2,(H,24,27)(H,25,28)/t14-/m0/s1. The van der Waals surface area contributed by atoms with Crippen LogP contribution in [0.2, 0.25) is 5.02 Å². The molecule has 170 valence electrons. The molecule has 0 fully saturated rings. The molecule has 1 atom stereocenters. The summed E-state index contributed by atoms with van der Waals surface area (Å²) >= 11 is 5.42. The van der Waals surface area contributed by atoms with E-state index in [1.54, 1.807) is 10.9 Å². The Labute approximate surface area is 173 Å². The van der Waals surface area contributed by atoms with E-state index in [0.717, 1.165) is 18.4 Å². The lowest BCUT2D eigenvalue weighted by Gasteiger charge is -2.27. The molecule has 0 unspecified atom stereocenters. The lowest BCUT2D eigenvalue weighted by Crippen LogP contribution is -2.50. The van der Waals surface area contributed by atoms with Crippen molar-refractivity contribution in [2.24, 2.45) is 0 Å². The zero-order valence-corrected chi connectivity index (χ0v) is 15.7. The predicted octanol–water partition coefficient (Wildman–Crippen LogP) is 2.10. The second kappa shape index (κ2) is 8.63. The molecule has 2 aromatic rings. The lowest BCUT2D eigenvalue weighted by molar-refractivity contribution is -0.273. The van der Waals surface area contributed by atoms with E-state index in [-0.39, 0.29) is 0 Å². The molecular formula is C16H12ClF6N3O5. The number of alkyl halides is 6. The Kier molecular flexibility index (Phi) is 6.75. The Morgan fingerprint density at radius 1 is 1.13 bits per heavy atom. The van der Waals surface area contributed by atoms with Crippen LogP contribution in [0.3, 0.4) is 0 Å². The number of carbonyl (C=O) groups excluding carboxylic acids is 2. The highest BCUT2D eigenvalue weighted by Crippen LogP contribution is 2.41. The zero-order valence-electron chi connectivity index (χ0n) is 15.0. The molecule has 0 saturated heterocycles. The zero-order chi connectivity index (χ0) is 23.6. The predicted molar refractivity (Wildman–Crippen MR) is 90.3 cm³/mol. The van der Waals surface area contributed by atoms with Gasteiger partial charge in [-0.25, -0.2) is 0 Å². The van der Waals surface area contributed by atoms with Crippen LogP contribution < -0.4 is 16.4 Å². The maximum Gasteiger partial charge on any atom is 0.425 e. The third-order valence-corrected chi connectivity index (χ3v) is 4.11. The molecule has 0 aliphatic heterocycles. The fourth-order valence-corrected chi connectivity index (χ4v) is 2.55. The van der Waals surface area contributed by atoms with Crippen LogP contribution in [-0.4, -0.2) is 27.7 Å². The number of hydrogen-bond donors (Lipinski definition) is 3. The molecule has 3 N–H and O–H groups in total. The van der Waals surface area contributed by atoms with Crippen molar-refractivity contribution >= 4 is 23.4 Å². The number of pyridine rings is 1. The molecule has 15 heteroatoms. The smallest absolute Gasteiger partial charge is 0.425 e. The number of aromatic nitrogens is 1. The molecule has 0 bridgehead atoms. The van der Waals surface area contributed by atoms with Crippen LogP contribution >= 0.6 is 11.6 Å². The lowest BCUT2D eigenvalue weighted by atomic mass is 9.95. The van der Waals surface area contributed by atoms with Gasteiger partial charge < -0.3 is 14.1 Å². The first-order chi connectivity index (χ1) is 14.1. The highest BCUT2D eigenvalue weighted by Gasteiger charge is 2.58. The molecule has 2 aromatic heterocycles. The van der Waals surface area contributed by atoms with Gasteiger partial charge in [-0.05, 0) is 18.2 Å². The van der Waals surface area contributed by atoms with Gasteiger partial charge >= 0.3 is 12.4 Å². The molecular weight excluding hydrogens is 464 g/mol. The number of nitrogens with zero attached hydrogens (tertiary/aromatic N) is 1. The summed E-state index contributed by atoms with van der Waals surface area (Å²) in [6.07, 6.45) is -10.7. The fourth-order valence-electron chi connectivity index (χ4n) is 2.32. The van der Waals surface area contributed by atoms with E-state index in [0.29, 0.717) is 16.8 Å². The summed E-state index contributed by atoms with van der Waals surface area (Å²) in [5, 5.41) is 9.06. The van der Waals surface area contributed by atoms with Crippen LogP contribution in [0.25, 0.3) is 0 Å². The van der Waals surface area contributed by atoms with Crippen LogP contribution in [0.5, 0.6) is 0 Å². The van der Waals surface area contributed by atoms with Crippen LogP contribution in [0.15, 0.2) is 39.9 Å². The maximum atomic E-state index is 13.2. The number of rotatable bonds is 5. The summed E-state index contributed by atoms with van der Waals surface area (Å²) in [6, 6.07) is 2.18. The van der Waals surface area contributed by atoms with Gasteiger partial charge in [0.25, 0.3) is 11.5 Å². The first-order valence-electron chi connectivity index (χ1n) is 8.03. The van der Waals surface area contributed by atoms with Crippen LogP contribution in [-0.2, 0) is 27.9 Å². The summed E-state index contributed by atoms with van der Waals surface area (Å²) in [4.78, 5) is 35.4. The van der Waals surface area contributed by atoms with Gasteiger partial charge in [-0.1, -0.05) is 11.6 Å². The summed E-state index contributed by atoms with van der Waals surface area (Å²) in [5.41, 5.74) is -3.01. The van der Waals surface area contributed by atoms with E-state index in [2.05, 4.69) is 4.42 Å². The summed E-state index contributed by atoms with van der Waals surface area (Å²) in [5.74, 6) is -3.76. The highest BCUT2D eigenvalue weighted by atomic mass is 35.5. The number of furan rings is 1. The number of halogens is 7. The quantitative estimate of drug-likeness (QED) is 0.453. The van der Waals surface area contributed by atoms with E-state index < -0.39 is 64.6 Å². The number of amides is 2. The van der Waals surface area contributed by atoms with Crippen LogP contribution in [0.4, 0.5) is 26.3 Å². The van der Waals surface area contributed by atoms with Crippen molar-refractivity contribution in [3.05, 3.63) is 57.4 Å². The van der Waals surface area contributed by atoms with Gasteiger partial charge in [0.15, 0.2) is 0 Å². The topological polar surface area (TPSA) is 114 Å². The number of hydrazine groups is 1. The molecule has 2 amide bonds. The second-order valence-corrected chi connectivity index (χ2v) is 6.52. The van der Waals surface area contributed by atoms with Crippen molar-refractivity contribution in [3.8, 4) is 0 Å². The molecule has 0 radical (unpaired) electrons. The minimum Gasteiger partial charge on any atom is -0.466 e. The maximum absolute atomic E-state index is 13.2. The van der Waals surface area contributed by atoms with E-state index in [1.807, 2.05) is 0 Å². The van der Waals surface area contributed by atoms with Crippen molar-refractivity contribution < 1.29 is 45.5 Å². The average Bonchev–Trinajstić information content (AvgIpc) is 3.17. The molecule has 0 saturated carbocycles. The third kappa shape index (κ3) is 5.58. The number of nitrogens with one attached hydrogen (secondary N) is 2. The molecule has 8 nitrogen and oxygen atoms in total. The number of aliphatic hydroxyl groups is 1.